The minimum absolute atomic E-state index is 0.0182. The van der Waals surface area contributed by atoms with E-state index in [4.69, 9.17) is 5.73 Å². The summed E-state index contributed by atoms with van der Waals surface area (Å²) in [4.78, 5) is 0. The number of aromatic hydroxyl groups is 1. The molecule has 6 nitrogen and oxygen atoms in total. The lowest BCUT2D eigenvalue weighted by Crippen LogP contribution is -2.24. The van der Waals surface area contributed by atoms with Crippen LogP contribution in [0.5, 0.6) is 5.75 Å². The monoisotopic (exact) mass is 260 g/mol. The van der Waals surface area contributed by atoms with Gasteiger partial charge >= 0.3 is 0 Å². The topological polar surface area (TPSA) is 113 Å². The fraction of sp³-hybridized carbons (Fsp3) is 0.400. The summed E-state index contributed by atoms with van der Waals surface area (Å²) in [6.07, 6.45) is 0.0527. The molecule has 0 aliphatic rings. The van der Waals surface area contributed by atoms with Crippen LogP contribution in [-0.4, -0.2) is 30.9 Å². The fourth-order valence-electron chi connectivity index (χ4n) is 1.32. The Morgan fingerprint density at radius 3 is 2.47 bits per heavy atom. The Kier molecular flexibility index (Phi) is 3.97. The first-order valence-electron chi connectivity index (χ1n) is 4.95. The van der Waals surface area contributed by atoms with Gasteiger partial charge in [-0.2, -0.15) is 0 Å². The highest BCUT2D eigenvalue weighted by Crippen LogP contribution is 2.28. The van der Waals surface area contributed by atoms with Crippen LogP contribution < -0.4 is 10.5 Å². The summed E-state index contributed by atoms with van der Waals surface area (Å²) < 4.78 is 24.3. The summed E-state index contributed by atoms with van der Waals surface area (Å²) in [6.45, 7) is 1.63. The SMILES string of the molecule is C[C@H](N)[C@H](O)c1ccc(O)c(NS(C)(=O)=O)c1. The number of hydrogen-bond acceptors (Lipinski definition) is 5. The Hall–Kier alpha value is -1.31. The molecular formula is C10H16N2O4S. The van der Waals surface area contributed by atoms with E-state index in [1.807, 2.05) is 0 Å². The Morgan fingerprint density at radius 1 is 1.41 bits per heavy atom. The van der Waals surface area contributed by atoms with E-state index in [9.17, 15) is 18.6 Å². The van der Waals surface area contributed by atoms with E-state index in [0.717, 1.165) is 6.26 Å². The smallest absolute Gasteiger partial charge is 0.229 e. The minimum Gasteiger partial charge on any atom is -0.506 e. The third-order valence-electron chi connectivity index (χ3n) is 2.16. The van der Waals surface area contributed by atoms with Gasteiger partial charge in [-0.1, -0.05) is 6.07 Å². The second-order valence-electron chi connectivity index (χ2n) is 3.95. The van der Waals surface area contributed by atoms with Gasteiger partial charge in [-0.25, -0.2) is 8.42 Å². The van der Waals surface area contributed by atoms with E-state index >= 15 is 0 Å². The summed E-state index contributed by atoms with van der Waals surface area (Å²) in [7, 11) is -3.49. The van der Waals surface area contributed by atoms with Gasteiger partial charge in [-0.3, -0.25) is 4.72 Å². The van der Waals surface area contributed by atoms with Gasteiger partial charge in [0.05, 0.1) is 18.0 Å². The van der Waals surface area contributed by atoms with Crippen LogP contribution in [0.1, 0.15) is 18.6 Å². The first kappa shape index (κ1) is 13.8. The number of sulfonamides is 1. The molecule has 0 saturated carbocycles. The van der Waals surface area contributed by atoms with Crippen molar-refractivity contribution in [1.82, 2.24) is 0 Å². The third kappa shape index (κ3) is 3.88. The number of phenols is 1. The van der Waals surface area contributed by atoms with Crippen molar-refractivity contribution in [2.45, 2.75) is 19.1 Å². The van der Waals surface area contributed by atoms with E-state index in [1.54, 1.807) is 6.92 Å². The summed E-state index contributed by atoms with van der Waals surface area (Å²) in [5, 5.41) is 19.2. The predicted molar refractivity (Wildman–Crippen MR) is 65.2 cm³/mol. The molecular weight excluding hydrogens is 244 g/mol. The van der Waals surface area contributed by atoms with Gasteiger partial charge in [0.2, 0.25) is 10.0 Å². The first-order valence-corrected chi connectivity index (χ1v) is 6.84. The summed E-state index contributed by atoms with van der Waals surface area (Å²) in [5.41, 5.74) is 5.98. The fourth-order valence-corrected chi connectivity index (χ4v) is 1.89. The third-order valence-corrected chi connectivity index (χ3v) is 2.75. The Balaban J connectivity index is 3.11. The van der Waals surface area contributed by atoms with Crippen molar-refractivity contribution in [3.05, 3.63) is 23.8 Å². The Labute approximate surface area is 100 Å². The predicted octanol–water partition coefficient (Wildman–Crippen LogP) is 0.144. The molecule has 0 unspecified atom stereocenters. The molecule has 0 amide bonds. The largest absolute Gasteiger partial charge is 0.506 e. The highest BCUT2D eigenvalue weighted by atomic mass is 32.2. The van der Waals surface area contributed by atoms with Crippen LogP contribution in [-0.2, 0) is 10.0 Å². The Morgan fingerprint density at radius 2 is 2.00 bits per heavy atom. The summed E-state index contributed by atoms with van der Waals surface area (Å²) in [6, 6.07) is 3.64. The molecule has 0 radical (unpaired) electrons. The zero-order valence-corrected chi connectivity index (χ0v) is 10.4. The quantitative estimate of drug-likeness (QED) is 0.575. The van der Waals surface area contributed by atoms with Gasteiger partial charge in [-0.05, 0) is 24.6 Å². The van der Waals surface area contributed by atoms with E-state index in [0.29, 0.717) is 5.56 Å². The number of benzene rings is 1. The molecule has 1 rings (SSSR count). The second-order valence-corrected chi connectivity index (χ2v) is 5.70. The highest BCUT2D eigenvalue weighted by Gasteiger charge is 2.15. The van der Waals surface area contributed by atoms with Crippen molar-refractivity contribution in [3.63, 3.8) is 0 Å². The molecule has 0 fully saturated rings. The van der Waals surface area contributed by atoms with Crippen LogP contribution in [0.4, 0.5) is 5.69 Å². The van der Waals surface area contributed by atoms with Crippen LogP contribution >= 0.6 is 0 Å². The molecule has 1 aromatic carbocycles. The number of rotatable bonds is 4. The van der Waals surface area contributed by atoms with Crippen molar-refractivity contribution in [2.75, 3.05) is 11.0 Å². The molecule has 0 aromatic heterocycles. The molecule has 0 heterocycles. The summed E-state index contributed by atoms with van der Waals surface area (Å²) >= 11 is 0. The maximum atomic E-state index is 11.1. The van der Waals surface area contributed by atoms with Crippen LogP contribution in [0.3, 0.4) is 0 Å². The molecule has 0 bridgehead atoms. The average molecular weight is 260 g/mol. The zero-order chi connectivity index (χ0) is 13.2. The standard InChI is InChI=1S/C10H16N2O4S/c1-6(11)10(14)7-3-4-9(13)8(5-7)12-17(2,15)16/h3-6,10,12-14H,11H2,1-2H3/t6-,10-/m0/s1. The van der Waals surface area contributed by atoms with Gasteiger partial charge in [-0.15, -0.1) is 0 Å². The van der Waals surface area contributed by atoms with E-state index in [1.165, 1.54) is 18.2 Å². The number of nitrogens with one attached hydrogen (secondary N) is 1. The van der Waals surface area contributed by atoms with E-state index in [-0.39, 0.29) is 11.4 Å². The maximum Gasteiger partial charge on any atom is 0.229 e. The zero-order valence-electron chi connectivity index (χ0n) is 9.58. The summed E-state index contributed by atoms with van der Waals surface area (Å²) in [5.74, 6) is -0.212. The van der Waals surface area contributed by atoms with Crippen LogP contribution in [0.25, 0.3) is 0 Å². The lowest BCUT2D eigenvalue weighted by Gasteiger charge is -2.16. The van der Waals surface area contributed by atoms with Crippen molar-refractivity contribution < 1.29 is 18.6 Å². The number of anilines is 1. The second kappa shape index (κ2) is 4.91. The molecule has 17 heavy (non-hydrogen) atoms. The molecule has 2 atom stereocenters. The van der Waals surface area contributed by atoms with Crippen LogP contribution in [0, 0.1) is 0 Å². The molecule has 0 spiro atoms. The number of aliphatic hydroxyl groups excluding tert-OH is 1. The molecule has 7 heteroatoms. The molecule has 0 saturated heterocycles. The van der Waals surface area contributed by atoms with Gasteiger partial charge in [0.25, 0.3) is 0 Å². The highest BCUT2D eigenvalue weighted by molar-refractivity contribution is 7.92. The van der Waals surface area contributed by atoms with E-state index < -0.39 is 22.2 Å². The van der Waals surface area contributed by atoms with Gasteiger partial charge in [0, 0.05) is 6.04 Å². The molecule has 0 aliphatic carbocycles. The number of hydrogen-bond donors (Lipinski definition) is 4. The molecule has 0 aliphatic heterocycles. The van der Waals surface area contributed by atoms with Gasteiger partial charge in [0.1, 0.15) is 5.75 Å². The van der Waals surface area contributed by atoms with Gasteiger partial charge in [0.15, 0.2) is 0 Å². The molecule has 96 valence electrons. The number of nitrogens with two attached hydrogens (primary N) is 1. The Bertz CT molecular complexity index is 499. The van der Waals surface area contributed by atoms with Gasteiger partial charge < -0.3 is 15.9 Å². The van der Waals surface area contributed by atoms with Crippen LogP contribution in [0.2, 0.25) is 0 Å². The molecule has 5 N–H and O–H groups in total. The van der Waals surface area contributed by atoms with E-state index in [2.05, 4.69) is 4.72 Å². The van der Waals surface area contributed by atoms with Crippen molar-refractivity contribution >= 4 is 15.7 Å². The number of aliphatic hydroxyl groups is 1. The first-order chi connectivity index (χ1) is 7.70. The van der Waals surface area contributed by atoms with Crippen molar-refractivity contribution in [3.8, 4) is 5.75 Å². The average Bonchev–Trinajstić information content (AvgIpc) is 2.18. The maximum absolute atomic E-state index is 11.1. The van der Waals surface area contributed by atoms with Crippen molar-refractivity contribution in [2.24, 2.45) is 5.73 Å². The van der Waals surface area contributed by atoms with Crippen LogP contribution in [0.15, 0.2) is 18.2 Å². The normalized spacial score (nSPS) is 15.3. The van der Waals surface area contributed by atoms with Crippen molar-refractivity contribution in [1.29, 1.82) is 0 Å². The lowest BCUT2D eigenvalue weighted by atomic mass is 10.0. The number of phenolic OH excluding ortho intramolecular Hbond substituents is 1. The lowest BCUT2D eigenvalue weighted by molar-refractivity contribution is 0.153. The minimum atomic E-state index is -3.49. The molecule has 1 aromatic rings.